The van der Waals surface area contributed by atoms with Crippen LogP contribution in [0, 0.1) is 5.92 Å². The third-order valence-electron chi connectivity index (χ3n) is 4.62. The van der Waals surface area contributed by atoms with Gasteiger partial charge in [0.1, 0.15) is 0 Å². The molecule has 0 radical (unpaired) electrons. The maximum atomic E-state index is 13.0. The SMILES string of the molecule is COC(=O)C1/C=C(/c2ccccc2)N(Cc2ccccc2)C(=O)CN(C)C1. The Morgan fingerprint density at radius 2 is 1.70 bits per heavy atom. The number of rotatable bonds is 4. The highest BCUT2D eigenvalue weighted by Gasteiger charge is 2.29. The number of amides is 1. The fourth-order valence-electron chi connectivity index (χ4n) is 3.28. The molecular weight excluding hydrogens is 340 g/mol. The number of carbonyl (C=O) groups excluding carboxylic acids is 2. The van der Waals surface area contributed by atoms with Crippen LogP contribution < -0.4 is 0 Å². The fourth-order valence-corrected chi connectivity index (χ4v) is 3.28. The second kappa shape index (κ2) is 8.64. The molecule has 0 saturated heterocycles. The minimum Gasteiger partial charge on any atom is -0.469 e. The van der Waals surface area contributed by atoms with Crippen molar-refractivity contribution < 1.29 is 14.3 Å². The molecule has 0 saturated carbocycles. The first kappa shape index (κ1) is 18.9. The first-order valence-electron chi connectivity index (χ1n) is 8.96. The number of likely N-dealkylation sites (N-methyl/N-ethyl adjacent to an activating group) is 1. The van der Waals surface area contributed by atoms with Crippen molar-refractivity contribution in [2.45, 2.75) is 6.54 Å². The van der Waals surface area contributed by atoms with E-state index in [4.69, 9.17) is 4.74 Å². The molecule has 5 nitrogen and oxygen atoms in total. The van der Waals surface area contributed by atoms with Gasteiger partial charge in [0.25, 0.3) is 0 Å². The average molecular weight is 364 g/mol. The van der Waals surface area contributed by atoms with Crippen LogP contribution in [0.5, 0.6) is 0 Å². The van der Waals surface area contributed by atoms with Gasteiger partial charge in [0, 0.05) is 12.2 Å². The molecule has 1 atom stereocenters. The van der Waals surface area contributed by atoms with Crippen LogP contribution in [0.25, 0.3) is 5.70 Å². The van der Waals surface area contributed by atoms with Gasteiger partial charge in [-0.25, -0.2) is 0 Å². The predicted molar refractivity (Wildman–Crippen MR) is 104 cm³/mol. The van der Waals surface area contributed by atoms with E-state index in [0.29, 0.717) is 13.1 Å². The van der Waals surface area contributed by atoms with Crippen molar-refractivity contribution >= 4 is 17.6 Å². The number of methoxy groups -OCH3 is 1. The zero-order valence-electron chi connectivity index (χ0n) is 15.7. The van der Waals surface area contributed by atoms with Gasteiger partial charge in [-0.1, -0.05) is 60.7 Å². The highest BCUT2D eigenvalue weighted by molar-refractivity contribution is 5.90. The standard InChI is InChI=1S/C22H24N2O3/c1-23-15-19(22(26)27-2)13-20(18-11-7-4-8-12-18)24(21(25)16-23)14-17-9-5-3-6-10-17/h3-13,19H,14-16H2,1-2H3/b20-13-. The topological polar surface area (TPSA) is 49.9 Å². The number of benzene rings is 2. The lowest BCUT2D eigenvalue weighted by Gasteiger charge is -2.32. The Kier molecular flexibility index (Phi) is 6.04. The highest BCUT2D eigenvalue weighted by atomic mass is 16.5. The van der Waals surface area contributed by atoms with Gasteiger partial charge < -0.3 is 9.64 Å². The second-order valence-electron chi connectivity index (χ2n) is 6.71. The first-order chi connectivity index (χ1) is 13.1. The number of carbonyl (C=O) groups is 2. The van der Waals surface area contributed by atoms with E-state index in [1.54, 1.807) is 4.90 Å². The van der Waals surface area contributed by atoms with Crippen LogP contribution in [0.3, 0.4) is 0 Å². The summed E-state index contributed by atoms with van der Waals surface area (Å²) >= 11 is 0. The van der Waals surface area contributed by atoms with Crippen LogP contribution in [0.15, 0.2) is 66.7 Å². The maximum absolute atomic E-state index is 13.0. The monoisotopic (exact) mass is 364 g/mol. The van der Waals surface area contributed by atoms with Crippen LogP contribution in [0.4, 0.5) is 0 Å². The number of ether oxygens (including phenoxy) is 1. The van der Waals surface area contributed by atoms with Crippen LogP contribution in [-0.4, -0.2) is 48.9 Å². The van der Waals surface area contributed by atoms with E-state index in [1.807, 2.05) is 78.7 Å². The van der Waals surface area contributed by atoms with E-state index in [1.165, 1.54) is 7.11 Å². The summed E-state index contributed by atoms with van der Waals surface area (Å²) < 4.78 is 4.99. The van der Waals surface area contributed by atoms with Gasteiger partial charge in [0.05, 0.1) is 26.1 Å². The van der Waals surface area contributed by atoms with E-state index in [-0.39, 0.29) is 18.4 Å². The van der Waals surface area contributed by atoms with Crippen LogP contribution in [0.1, 0.15) is 11.1 Å². The molecule has 0 fully saturated rings. The Bertz CT molecular complexity index is 818. The Balaban J connectivity index is 2.07. The third-order valence-corrected chi connectivity index (χ3v) is 4.62. The van der Waals surface area contributed by atoms with Crippen molar-refractivity contribution in [3.8, 4) is 0 Å². The van der Waals surface area contributed by atoms with Gasteiger partial charge in [0.15, 0.2) is 0 Å². The Morgan fingerprint density at radius 3 is 2.33 bits per heavy atom. The first-order valence-corrected chi connectivity index (χ1v) is 8.96. The van der Waals surface area contributed by atoms with Gasteiger partial charge in [-0.05, 0) is 24.3 Å². The normalized spacial score (nSPS) is 20.4. The molecule has 1 aliphatic heterocycles. The molecule has 0 aromatic heterocycles. The molecule has 1 heterocycles. The molecule has 3 rings (SSSR count). The number of nitrogens with zero attached hydrogens (tertiary/aromatic N) is 2. The lowest BCUT2D eigenvalue weighted by Crippen LogP contribution is -2.43. The molecule has 140 valence electrons. The van der Waals surface area contributed by atoms with Crippen molar-refractivity contribution in [3.05, 3.63) is 77.9 Å². The number of hydrogen-bond acceptors (Lipinski definition) is 4. The smallest absolute Gasteiger partial charge is 0.313 e. The molecule has 1 aliphatic rings. The third kappa shape index (κ3) is 4.63. The maximum Gasteiger partial charge on any atom is 0.313 e. The molecule has 0 N–H and O–H groups in total. The average Bonchev–Trinajstić information content (AvgIpc) is 2.69. The van der Waals surface area contributed by atoms with Gasteiger partial charge in [-0.3, -0.25) is 14.5 Å². The summed E-state index contributed by atoms with van der Waals surface area (Å²) in [5.74, 6) is -0.745. The highest BCUT2D eigenvalue weighted by Crippen LogP contribution is 2.26. The van der Waals surface area contributed by atoms with Crippen molar-refractivity contribution in [3.63, 3.8) is 0 Å². The summed E-state index contributed by atoms with van der Waals surface area (Å²) in [5, 5.41) is 0. The van der Waals surface area contributed by atoms with E-state index in [0.717, 1.165) is 16.8 Å². The molecule has 0 spiro atoms. The molecule has 5 heteroatoms. The quantitative estimate of drug-likeness (QED) is 0.783. The molecule has 0 aliphatic carbocycles. The van der Waals surface area contributed by atoms with Crippen molar-refractivity contribution in [2.24, 2.45) is 5.92 Å². The Hall–Kier alpha value is -2.92. The molecule has 2 aromatic rings. The fraction of sp³-hybridized carbons (Fsp3) is 0.273. The van der Waals surface area contributed by atoms with Gasteiger partial charge in [-0.15, -0.1) is 0 Å². The van der Waals surface area contributed by atoms with Crippen LogP contribution in [-0.2, 0) is 20.9 Å². The molecular formula is C22H24N2O3. The summed E-state index contributed by atoms with van der Waals surface area (Å²) in [5.41, 5.74) is 2.68. The number of esters is 1. The van der Waals surface area contributed by atoms with Gasteiger partial charge in [-0.2, -0.15) is 0 Å². The van der Waals surface area contributed by atoms with E-state index >= 15 is 0 Å². The van der Waals surface area contributed by atoms with Crippen molar-refractivity contribution in [2.75, 3.05) is 27.2 Å². The summed E-state index contributed by atoms with van der Waals surface area (Å²) in [4.78, 5) is 29.0. The Morgan fingerprint density at radius 1 is 1.07 bits per heavy atom. The zero-order chi connectivity index (χ0) is 19.2. The zero-order valence-corrected chi connectivity index (χ0v) is 15.7. The summed E-state index contributed by atoms with van der Waals surface area (Å²) in [6.45, 7) is 1.13. The largest absolute Gasteiger partial charge is 0.469 e. The lowest BCUT2D eigenvalue weighted by molar-refractivity contribution is -0.145. The van der Waals surface area contributed by atoms with Crippen molar-refractivity contribution in [1.82, 2.24) is 9.80 Å². The Labute approximate surface area is 159 Å². The molecule has 2 aromatic carbocycles. The van der Waals surface area contributed by atoms with E-state index in [2.05, 4.69) is 0 Å². The van der Waals surface area contributed by atoms with E-state index < -0.39 is 5.92 Å². The second-order valence-corrected chi connectivity index (χ2v) is 6.71. The minimum atomic E-state index is -0.443. The molecule has 0 bridgehead atoms. The lowest BCUT2D eigenvalue weighted by atomic mass is 10.0. The predicted octanol–water partition coefficient (Wildman–Crippen LogP) is 2.79. The van der Waals surface area contributed by atoms with Crippen molar-refractivity contribution in [1.29, 1.82) is 0 Å². The summed E-state index contributed by atoms with van der Waals surface area (Å²) in [6.07, 6.45) is 1.86. The number of hydrogen-bond donors (Lipinski definition) is 0. The van der Waals surface area contributed by atoms with Gasteiger partial charge >= 0.3 is 5.97 Å². The van der Waals surface area contributed by atoms with Crippen LogP contribution >= 0.6 is 0 Å². The van der Waals surface area contributed by atoms with Crippen LogP contribution in [0.2, 0.25) is 0 Å². The summed E-state index contributed by atoms with van der Waals surface area (Å²) in [6, 6.07) is 19.6. The summed E-state index contributed by atoms with van der Waals surface area (Å²) in [7, 11) is 3.24. The molecule has 27 heavy (non-hydrogen) atoms. The molecule has 1 unspecified atom stereocenters. The van der Waals surface area contributed by atoms with Gasteiger partial charge in [0.2, 0.25) is 5.91 Å². The van der Waals surface area contributed by atoms with E-state index in [9.17, 15) is 9.59 Å². The minimum absolute atomic E-state index is 0.000211. The molecule has 1 amide bonds.